The molecule has 0 atom stereocenters. The van der Waals surface area contributed by atoms with Crippen LogP contribution in [0.4, 0.5) is 16.4 Å². The fourth-order valence-corrected chi connectivity index (χ4v) is 2.97. The van der Waals surface area contributed by atoms with Crippen LogP contribution in [0, 0.1) is 6.92 Å². The number of aromatic nitrogens is 2. The molecule has 1 aromatic carbocycles. The minimum absolute atomic E-state index is 0.267. The molecule has 0 spiro atoms. The molecular weight excluding hydrogens is 330 g/mol. The predicted molar refractivity (Wildman–Crippen MR) is 102 cm³/mol. The monoisotopic (exact) mass is 355 g/mol. The molecule has 7 heteroatoms. The SMILES string of the molecule is COc1ccc(NC(=O)NCc2ccnc(N3CCCCC3)n2)c(C)c1. The maximum Gasteiger partial charge on any atom is 0.319 e. The van der Waals surface area contributed by atoms with Crippen LogP contribution in [0.25, 0.3) is 0 Å². The average molecular weight is 355 g/mol. The number of hydrogen-bond donors (Lipinski definition) is 2. The second kappa shape index (κ2) is 8.51. The van der Waals surface area contributed by atoms with E-state index in [-0.39, 0.29) is 6.03 Å². The summed E-state index contributed by atoms with van der Waals surface area (Å²) in [5.74, 6) is 1.51. The van der Waals surface area contributed by atoms with Crippen molar-refractivity contribution in [3.63, 3.8) is 0 Å². The first kappa shape index (κ1) is 18.0. The summed E-state index contributed by atoms with van der Waals surface area (Å²) >= 11 is 0. The van der Waals surface area contributed by atoms with Crippen molar-refractivity contribution in [2.75, 3.05) is 30.4 Å². The number of aryl methyl sites for hydroxylation is 1. The first-order valence-electron chi connectivity index (χ1n) is 8.92. The van der Waals surface area contributed by atoms with E-state index in [2.05, 4.69) is 25.5 Å². The van der Waals surface area contributed by atoms with Gasteiger partial charge in [0.2, 0.25) is 5.95 Å². The van der Waals surface area contributed by atoms with Gasteiger partial charge in [-0.25, -0.2) is 14.8 Å². The van der Waals surface area contributed by atoms with Crippen molar-refractivity contribution in [1.82, 2.24) is 15.3 Å². The molecule has 2 aromatic rings. The summed E-state index contributed by atoms with van der Waals surface area (Å²) in [6.45, 7) is 4.26. The highest BCUT2D eigenvalue weighted by atomic mass is 16.5. The molecule has 0 bridgehead atoms. The minimum atomic E-state index is -0.267. The van der Waals surface area contributed by atoms with E-state index in [4.69, 9.17) is 4.74 Å². The Bertz CT molecular complexity index is 759. The number of ether oxygens (including phenoxy) is 1. The number of carbonyl (C=O) groups is 1. The highest BCUT2D eigenvalue weighted by Gasteiger charge is 2.14. The van der Waals surface area contributed by atoms with Gasteiger partial charge in [0.15, 0.2) is 0 Å². The highest BCUT2D eigenvalue weighted by Crippen LogP contribution is 2.21. The number of carbonyl (C=O) groups excluding carboxylic acids is 1. The van der Waals surface area contributed by atoms with Crippen LogP contribution in [0.3, 0.4) is 0 Å². The Morgan fingerprint density at radius 2 is 2.04 bits per heavy atom. The van der Waals surface area contributed by atoms with Crippen LogP contribution in [0.5, 0.6) is 5.75 Å². The lowest BCUT2D eigenvalue weighted by atomic mass is 10.1. The minimum Gasteiger partial charge on any atom is -0.497 e. The molecule has 1 aliphatic rings. The molecule has 2 amide bonds. The van der Waals surface area contributed by atoms with Crippen molar-refractivity contribution < 1.29 is 9.53 Å². The van der Waals surface area contributed by atoms with Gasteiger partial charge in [-0.1, -0.05) is 0 Å². The standard InChI is InChI=1S/C19H25N5O2/c1-14-12-16(26-2)6-7-17(14)23-19(25)21-13-15-8-9-20-18(22-15)24-10-4-3-5-11-24/h6-9,12H,3-5,10-11,13H2,1-2H3,(H2,21,23,25). The van der Waals surface area contributed by atoms with Crippen LogP contribution >= 0.6 is 0 Å². The smallest absolute Gasteiger partial charge is 0.319 e. The molecule has 7 nitrogen and oxygen atoms in total. The second-order valence-corrected chi connectivity index (χ2v) is 6.38. The van der Waals surface area contributed by atoms with Gasteiger partial charge in [0, 0.05) is 25.0 Å². The third-order valence-electron chi connectivity index (χ3n) is 4.45. The summed E-state index contributed by atoms with van der Waals surface area (Å²) in [6, 6.07) is 7.08. The van der Waals surface area contributed by atoms with Crippen LogP contribution in [-0.2, 0) is 6.54 Å². The summed E-state index contributed by atoms with van der Waals surface area (Å²) in [5.41, 5.74) is 2.48. The number of urea groups is 1. The van der Waals surface area contributed by atoms with Crippen molar-refractivity contribution >= 4 is 17.7 Å². The summed E-state index contributed by atoms with van der Waals surface area (Å²) in [6.07, 6.45) is 5.37. The van der Waals surface area contributed by atoms with Crippen molar-refractivity contribution in [1.29, 1.82) is 0 Å². The van der Waals surface area contributed by atoms with Crippen LogP contribution in [0.1, 0.15) is 30.5 Å². The van der Waals surface area contributed by atoms with Crippen LogP contribution in [0.15, 0.2) is 30.5 Å². The summed E-state index contributed by atoms with van der Waals surface area (Å²) < 4.78 is 5.17. The lowest BCUT2D eigenvalue weighted by Gasteiger charge is -2.26. The largest absolute Gasteiger partial charge is 0.497 e. The number of piperidine rings is 1. The third kappa shape index (κ3) is 4.62. The molecular formula is C19H25N5O2. The van der Waals surface area contributed by atoms with Gasteiger partial charge in [-0.2, -0.15) is 0 Å². The number of rotatable bonds is 5. The number of nitrogens with one attached hydrogen (secondary N) is 2. The normalized spacial score (nSPS) is 14.0. The Labute approximate surface area is 153 Å². The molecule has 0 radical (unpaired) electrons. The third-order valence-corrected chi connectivity index (χ3v) is 4.45. The molecule has 1 fully saturated rings. The van der Waals surface area contributed by atoms with Gasteiger partial charge in [-0.15, -0.1) is 0 Å². The fraction of sp³-hybridized carbons (Fsp3) is 0.421. The van der Waals surface area contributed by atoms with E-state index in [1.54, 1.807) is 13.3 Å². The van der Waals surface area contributed by atoms with E-state index in [9.17, 15) is 4.79 Å². The van der Waals surface area contributed by atoms with Crippen molar-refractivity contribution in [3.8, 4) is 5.75 Å². The van der Waals surface area contributed by atoms with E-state index in [1.165, 1.54) is 19.3 Å². The first-order chi connectivity index (χ1) is 12.7. The predicted octanol–water partition coefficient (Wildman–Crippen LogP) is 3.11. The topological polar surface area (TPSA) is 79.4 Å². The van der Waals surface area contributed by atoms with Gasteiger partial charge in [-0.3, -0.25) is 0 Å². The fourth-order valence-electron chi connectivity index (χ4n) is 2.97. The maximum absolute atomic E-state index is 12.2. The lowest BCUT2D eigenvalue weighted by molar-refractivity contribution is 0.251. The van der Waals surface area contributed by atoms with E-state index in [0.717, 1.165) is 41.7 Å². The highest BCUT2D eigenvalue weighted by molar-refractivity contribution is 5.90. The first-order valence-corrected chi connectivity index (χ1v) is 8.92. The second-order valence-electron chi connectivity index (χ2n) is 6.38. The summed E-state index contributed by atoms with van der Waals surface area (Å²) in [7, 11) is 1.62. The molecule has 3 rings (SSSR count). The van der Waals surface area contributed by atoms with Crippen LogP contribution < -0.4 is 20.3 Å². The average Bonchev–Trinajstić information content (AvgIpc) is 2.69. The van der Waals surface area contributed by atoms with E-state index >= 15 is 0 Å². The zero-order valence-corrected chi connectivity index (χ0v) is 15.3. The quantitative estimate of drug-likeness (QED) is 0.861. The number of anilines is 2. The molecule has 2 heterocycles. The number of amides is 2. The maximum atomic E-state index is 12.2. The number of methoxy groups -OCH3 is 1. The molecule has 1 saturated heterocycles. The van der Waals surface area contributed by atoms with Gasteiger partial charge < -0.3 is 20.3 Å². The van der Waals surface area contributed by atoms with Gasteiger partial charge in [0.25, 0.3) is 0 Å². The molecule has 26 heavy (non-hydrogen) atoms. The molecule has 1 aliphatic heterocycles. The van der Waals surface area contributed by atoms with Gasteiger partial charge in [0.05, 0.1) is 19.3 Å². The van der Waals surface area contributed by atoms with E-state index in [0.29, 0.717) is 6.54 Å². The van der Waals surface area contributed by atoms with E-state index in [1.807, 2.05) is 31.2 Å². The van der Waals surface area contributed by atoms with Crippen LogP contribution in [-0.4, -0.2) is 36.2 Å². The Balaban J connectivity index is 1.56. The number of hydrogen-bond acceptors (Lipinski definition) is 5. The molecule has 0 saturated carbocycles. The Morgan fingerprint density at radius 1 is 1.23 bits per heavy atom. The molecule has 0 unspecified atom stereocenters. The number of benzene rings is 1. The lowest BCUT2D eigenvalue weighted by Crippen LogP contribution is -2.32. The van der Waals surface area contributed by atoms with Crippen molar-refractivity contribution in [3.05, 3.63) is 41.7 Å². The van der Waals surface area contributed by atoms with Crippen molar-refractivity contribution in [2.24, 2.45) is 0 Å². The van der Waals surface area contributed by atoms with Crippen molar-refractivity contribution in [2.45, 2.75) is 32.7 Å². The molecule has 1 aromatic heterocycles. The van der Waals surface area contributed by atoms with Gasteiger partial charge >= 0.3 is 6.03 Å². The Kier molecular flexibility index (Phi) is 5.88. The van der Waals surface area contributed by atoms with Gasteiger partial charge in [0.1, 0.15) is 5.75 Å². The Morgan fingerprint density at radius 3 is 2.77 bits per heavy atom. The zero-order valence-electron chi connectivity index (χ0n) is 15.3. The Hall–Kier alpha value is -2.83. The molecule has 0 aliphatic carbocycles. The summed E-state index contributed by atoms with van der Waals surface area (Å²) in [5, 5.41) is 5.69. The molecule has 138 valence electrons. The zero-order chi connectivity index (χ0) is 18.4. The van der Waals surface area contributed by atoms with Crippen LogP contribution in [0.2, 0.25) is 0 Å². The van der Waals surface area contributed by atoms with Gasteiger partial charge in [-0.05, 0) is 56.0 Å². The number of nitrogens with zero attached hydrogens (tertiary/aromatic N) is 3. The molecule has 2 N–H and O–H groups in total. The summed E-state index contributed by atoms with van der Waals surface area (Å²) in [4.78, 5) is 23.3. The van der Waals surface area contributed by atoms with E-state index < -0.39 is 0 Å².